The first kappa shape index (κ1) is 13.0. The van der Waals surface area contributed by atoms with E-state index in [1.807, 2.05) is 6.92 Å². The maximum absolute atomic E-state index is 13.6. The third-order valence-electron chi connectivity index (χ3n) is 3.28. The number of aryl methyl sites for hydroxylation is 1. The average Bonchev–Trinajstić information content (AvgIpc) is 2.70. The fourth-order valence-corrected chi connectivity index (χ4v) is 2.10. The van der Waals surface area contributed by atoms with E-state index in [1.54, 1.807) is 0 Å². The minimum absolute atomic E-state index is 0.109. The zero-order chi connectivity index (χ0) is 13.3. The first-order chi connectivity index (χ1) is 8.41. The monoisotopic (exact) mass is 254 g/mol. The van der Waals surface area contributed by atoms with Crippen molar-refractivity contribution in [3.8, 4) is 0 Å². The highest BCUT2D eigenvalue weighted by molar-refractivity contribution is 5.95. The minimum Gasteiger partial charge on any atom is -0.345 e. The quantitative estimate of drug-likeness (QED) is 0.844. The normalized spacial score (nSPS) is 23.1. The lowest BCUT2D eigenvalue weighted by Crippen LogP contribution is -2.47. The number of carbonyl (C=O) groups excluding carboxylic acids is 1. The summed E-state index contributed by atoms with van der Waals surface area (Å²) >= 11 is 0. The van der Waals surface area contributed by atoms with Crippen LogP contribution in [0.5, 0.6) is 0 Å². The SMILES string of the molecule is Cc1cc(C(=O)NC2(C)CCNC2)c(F)cc1F. The van der Waals surface area contributed by atoms with E-state index in [9.17, 15) is 13.6 Å². The predicted molar refractivity (Wildman–Crippen MR) is 64.5 cm³/mol. The van der Waals surface area contributed by atoms with Crippen LogP contribution >= 0.6 is 0 Å². The third-order valence-corrected chi connectivity index (χ3v) is 3.28. The molecule has 1 amide bonds. The van der Waals surface area contributed by atoms with Crippen molar-refractivity contribution in [3.05, 3.63) is 34.9 Å². The second-order valence-corrected chi connectivity index (χ2v) is 5.02. The zero-order valence-electron chi connectivity index (χ0n) is 10.4. The van der Waals surface area contributed by atoms with Crippen molar-refractivity contribution in [2.45, 2.75) is 25.8 Å². The van der Waals surface area contributed by atoms with Gasteiger partial charge in [0.25, 0.3) is 5.91 Å². The summed E-state index contributed by atoms with van der Waals surface area (Å²) in [5.74, 6) is -1.97. The van der Waals surface area contributed by atoms with E-state index in [0.29, 0.717) is 6.54 Å². The fourth-order valence-electron chi connectivity index (χ4n) is 2.10. The molecule has 0 bridgehead atoms. The van der Waals surface area contributed by atoms with Crippen LogP contribution in [0.15, 0.2) is 12.1 Å². The topological polar surface area (TPSA) is 41.1 Å². The molecule has 1 aliphatic rings. The Morgan fingerprint density at radius 2 is 2.11 bits per heavy atom. The van der Waals surface area contributed by atoms with Gasteiger partial charge in [-0.15, -0.1) is 0 Å². The summed E-state index contributed by atoms with van der Waals surface area (Å²) < 4.78 is 26.7. The molecule has 0 saturated carbocycles. The Balaban J connectivity index is 2.21. The molecule has 2 N–H and O–H groups in total. The number of nitrogens with one attached hydrogen (secondary N) is 2. The second-order valence-electron chi connectivity index (χ2n) is 5.02. The molecule has 1 aliphatic heterocycles. The van der Waals surface area contributed by atoms with E-state index in [-0.39, 0.29) is 16.7 Å². The van der Waals surface area contributed by atoms with E-state index in [0.717, 1.165) is 19.0 Å². The van der Waals surface area contributed by atoms with Gasteiger partial charge < -0.3 is 10.6 Å². The van der Waals surface area contributed by atoms with Crippen molar-refractivity contribution in [2.75, 3.05) is 13.1 Å². The molecule has 18 heavy (non-hydrogen) atoms. The number of benzene rings is 1. The summed E-state index contributed by atoms with van der Waals surface area (Å²) in [4.78, 5) is 12.0. The van der Waals surface area contributed by atoms with Crippen molar-refractivity contribution in [1.29, 1.82) is 0 Å². The number of carbonyl (C=O) groups is 1. The summed E-state index contributed by atoms with van der Waals surface area (Å²) in [6.07, 6.45) is 0.792. The van der Waals surface area contributed by atoms with Gasteiger partial charge in [0.2, 0.25) is 0 Å². The zero-order valence-corrected chi connectivity index (χ0v) is 10.4. The number of rotatable bonds is 2. The van der Waals surface area contributed by atoms with Gasteiger partial charge >= 0.3 is 0 Å². The number of hydrogen-bond donors (Lipinski definition) is 2. The van der Waals surface area contributed by atoms with Gasteiger partial charge in [-0.3, -0.25) is 4.79 Å². The highest BCUT2D eigenvalue weighted by Gasteiger charge is 2.31. The number of hydrogen-bond acceptors (Lipinski definition) is 2. The fraction of sp³-hybridized carbons (Fsp3) is 0.462. The standard InChI is InChI=1S/C13H16F2N2O/c1-8-5-9(11(15)6-10(8)14)12(18)17-13(2)3-4-16-7-13/h5-6,16H,3-4,7H2,1-2H3,(H,17,18). The van der Waals surface area contributed by atoms with Crippen LogP contribution in [0.3, 0.4) is 0 Å². The van der Waals surface area contributed by atoms with Gasteiger partial charge in [0.1, 0.15) is 11.6 Å². The maximum Gasteiger partial charge on any atom is 0.254 e. The van der Waals surface area contributed by atoms with E-state index in [2.05, 4.69) is 10.6 Å². The van der Waals surface area contributed by atoms with Crippen LogP contribution in [0.25, 0.3) is 0 Å². The van der Waals surface area contributed by atoms with Crippen LogP contribution in [0, 0.1) is 18.6 Å². The van der Waals surface area contributed by atoms with Gasteiger partial charge in [-0.2, -0.15) is 0 Å². The molecule has 1 aromatic carbocycles. The lowest BCUT2D eigenvalue weighted by atomic mass is 10.0. The molecule has 0 aromatic heterocycles. The summed E-state index contributed by atoms with van der Waals surface area (Å²) in [5.41, 5.74) is -0.218. The Bertz CT molecular complexity index is 482. The van der Waals surface area contributed by atoms with Crippen LogP contribution in [-0.4, -0.2) is 24.5 Å². The van der Waals surface area contributed by atoms with Crippen LogP contribution in [0.4, 0.5) is 8.78 Å². The van der Waals surface area contributed by atoms with E-state index >= 15 is 0 Å². The van der Waals surface area contributed by atoms with Gasteiger partial charge in [0.15, 0.2) is 0 Å². The first-order valence-corrected chi connectivity index (χ1v) is 5.90. The molecule has 0 spiro atoms. The molecule has 5 heteroatoms. The van der Waals surface area contributed by atoms with Crippen molar-refractivity contribution in [2.24, 2.45) is 0 Å². The molecule has 1 saturated heterocycles. The van der Waals surface area contributed by atoms with E-state index < -0.39 is 17.5 Å². The van der Waals surface area contributed by atoms with E-state index in [1.165, 1.54) is 13.0 Å². The lowest BCUT2D eigenvalue weighted by molar-refractivity contribution is 0.0908. The average molecular weight is 254 g/mol. The Morgan fingerprint density at radius 3 is 2.72 bits per heavy atom. The van der Waals surface area contributed by atoms with Crippen molar-refractivity contribution in [1.82, 2.24) is 10.6 Å². The summed E-state index contributed by atoms with van der Waals surface area (Å²) in [7, 11) is 0. The van der Waals surface area contributed by atoms with Crippen LogP contribution in [0.1, 0.15) is 29.3 Å². The Kier molecular flexibility index (Phi) is 3.34. The lowest BCUT2D eigenvalue weighted by Gasteiger charge is -2.24. The third kappa shape index (κ3) is 2.51. The van der Waals surface area contributed by atoms with Gasteiger partial charge in [-0.25, -0.2) is 8.78 Å². The molecular weight excluding hydrogens is 238 g/mol. The van der Waals surface area contributed by atoms with Gasteiger partial charge in [0, 0.05) is 12.6 Å². The van der Waals surface area contributed by atoms with Gasteiger partial charge in [-0.1, -0.05) is 0 Å². The molecule has 1 aromatic rings. The maximum atomic E-state index is 13.6. The molecule has 0 aliphatic carbocycles. The molecule has 2 rings (SSSR count). The molecule has 1 fully saturated rings. The predicted octanol–water partition coefficient (Wildman–Crippen LogP) is 1.76. The van der Waals surface area contributed by atoms with Crippen molar-refractivity contribution < 1.29 is 13.6 Å². The molecular formula is C13H16F2N2O. The summed E-state index contributed by atoms with van der Waals surface area (Å²) in [6, 6.07) is 1.99. The van der Waals surface area contributed by atoms with Crippen LogP contribution < -0.4 is 10.6 Å². The molecule has 3 nitrogen and oxygen atoms in total. The highest BCUT2D eigenvalue weighted by atomic mass is 19.1. The minimum atomic E-state index is -0.829. The highest BCUT2D eigenvalue weighted by Crippen LogP contribution is 2.18. The van der Waals surface area contributed by atoms with Gasteiger partial charge in [-0.05, 0) is 38.4 Å². The summed E-state index contributed by atoms with van der Waals surface area (Å²) in [5, 5.41) is 5.93. The smallest absolute Gasteiger partial charge is 0.254 e. The summed E-state index contributed by atoms with van der Waals surface area (Å²) in [6.45, 7) is 4.88. The molecule has 1 unspecified atom stereocenters. The molecule has 1 heterocycles. The molecule has 1 atom stereocenters. The van der Waals surface area contributed by atoms with E-state index in [4.69, 9.17) is 0 Å². The number of amides is 1. The Hall–Kier alpha value is -1.49. The first-order valence-electron chi connectivity index (χ1n) is 5.90. The Morgan fingerprint density at radius 1 is 1.39 bits per heavy atom. The van der Waals surface area contributed by atoms with Crippen LogP contribution in [0.2, 0.25) is 0 Å². The molecule has 98 valence electrons. The Labute approximate surface area is 105 Å². The van der Waals surface area contributed by atoms with Crippen molar-refractivity contribution >= 4 is 5.91 Å². The number of halogens is 2. The largest absolute Gasteiger partial charge is 0.345 e. The second kappa shape index (κ2) is 4.65. The van der Waals surface area contributed by atoms with Crippen LogP contribution in [-0.2, 0) is 0 Å². The van der Waals surface area contributed by atoms with Gasteiger partial charge in [0.05, 0.1) is 11.1 Å². The molecule has 0 radical (unpaired) electrons. The van der Waals surface area contributed by atoms with Crippen molar-refractivity contribution in [3.63, 3.8) is 0 Å².